The van der Waals surface area contributed by atoms with Gasteiger partial charge in [0, 0.05) is 0 Å². The Hall–Kier alpha value is -4.90. The van der Waals surface area contributed by atoms with Crippen molar-refractivity contribution >= 4 is 46.2 Å². The Morgan fingerprint density at radius 1 is 1.00 bits per heavy atom. The predicted octanol–water partition coefficient (Wildman–Crippen LogP) is 5.89. The van der Waals surface area contributed by atoms with Gasteiger partial charge in [0.1, 0.15) is 23.1 Å². The first-order chi connectivity index (χ1) is 20.3. The molecule has 0 aliphatic heterocycles. The Morgan fingerprint density at radius 2 is 1.76 bits per heavy atom. The Labute approximate surface area is 252 Å². The van der Waals surface area contributed by atoms with Gasteiger partial charge >= 0.3 is 0 Å². The molecule has 0 aliphatic rings. The van der Waals surface area contributed by atoms with Crippen molar-refractivity contribution in [3.05, 3.63) is 144 Å². The van der Waals surface area contributed by atoms with E-state index in [4.69, 9.17) is 16.3 Å². The number of nitrogens with zero attached hydrogens (tertiary/aromatic N) is 2. The van der Waals surface area contributed by atoms with Crippen LogP contribution in [0.15, 0.2) is 102 Å². The molecule has 5 rings (SSSR count). The van der Waals surface area contributed by atoms with Crippen LogP contribution in [0.4, 0.5) is 5.69 Å². The van der Waals surface area contributed by atoms with E-state index in [0.717, 1.165) is 33.6 Å². The number of aryl methyl sites for hydroxylation is 2. The number of benzene rings is 4. The molecule has 0 saturated heterocycles. The summed E-state index contributed by atoms with van der Waals surface area (Å²) in [6, 6.07) is 31.8. The van der Waals surface area contributed by atoms with Gasteiger partial charge in [0.2, 0.25) is 0 Å². The zero-order valence-corrected chi connectivity index (χ0v) is 24.5. The summed E-state index contributed by atoms with van der Waals surface area (Å²) >= 11 is 7.33. The maximum absolute atomic E-state index is 13.9. The maximum Gasteiger partial charge on any atom is 0.273 e. The van der Waals surface area contributed by atoms with E-state index in [1.807, 2.05) is 92.7 Å². The van der Waals surface area contributed by atoms with E-state index >= 15 is 0 Å². The maximum atomic E-state index is 13.9. The number of carbonyl (C=O) groups excluding carboxylic acids is 1. The van der Waals surface area contributed by atoms with Gasteiger partial charge in [-0.05, 0) is 72.5 Å². The van der Waals surface area contributed by atoms with Gasteiger partial charge in [0.25, 0.3) is 11.5 Å². The van der Waals surface area contributed by atoms with Crippen LogP contribution in [0, 0.1) is 25.2 Å². The number of nitrogens with one attached hydrogen (secondary N) is 1. The number of halogens is 1. The lowest BCUT2D eigenvalue weighted by Crippen LogP contribution is -2.32. The molecule has 8 heteroatoms. The minimum Gasteiger partial charge on any atom is -0.489 e. The molecule has 0 fully saturated rings. The summed E-state index contributed by atoms with van der Waals surface area (Å²) < 4.78 is 8.00. The summed E-state index contributed by atoms with van der Waals surface area (Å²) in [5.41, 5.74) is 3.99. The number of anilines is 1. The molecule has 0 aliphatic carbocycles. The number of para-hydroxylation sites is 1. The highest BCUT2D eigenvalue weighted by Crippen LogP contribution is 2.21. The number of thiazole rings is 1. The highest BCUT2D eigenvalue weighted by atomic mass is 35.5. The molecular weight excluding hydrogens is 566 g/mol. The van der Waals surface area contributed by atoms with Gasteiger partial charge in [-0.3, -0.25) is 14.2 Å². The van der Waals surface area contributed by atoms with E-state index in [1.54, 1.807) is 30.3 Å². The standard InChI is InChI=1S/C34H26ClN3O3S/c1-22-15-16-23(2)30(17-22)38-33(40)31(19-25-11-8-12-26(18-25)41-21-24-9-4-3-5-10-24)42-34(38)27(20-36)32(39)37-29-14-7-6-13-28(29)35/h3-19H,21H2,1-2H3,(H,37,39)/b31-19-,34-27-. The van der Waals surface area contributed by atoms with E-state index in [2.05, 4.69) is 5.32 Å². The van der Waals surface area contributed by atoms with Crippen molar-refractivity contribution in [2.45, 2.75) is 20.5 Å². The summed E-state index contributed by atoms with van der Waals surface area (Å²) in [5.74, 6) is -0.00334. The Morgan fingerprint density at radius 3 is 2.52 bits per heavy atom. The van der Waals surface area contributed by atoms with Crippen molar-refractivity contribution in [3.8, 4) is 17.5 Å². The van der Waals surface area contributed by atoms with Crippen LogP contribution in [0.25, 0.3) is 17.3 Å². The number of aromatic nitrogens is 1. The fraction of sp³-hybridized carbons (Fsp3) is 0.0882. The van der Waals surface area contributed by atoms with Crippen LogP contribution in [0.2, 0.25) is 5.02 Å². The molecule has 1 N–H and O–H groups in total. The molecule has 1 aromatic heterocycles. The summed E-state index contributed by atoms with van der Waals surface area (Å²) in [5, 5.41) is 13.2. The lowest BCUT2D eigenvalue weighted by atomic mass is 10.1. The van der Waals surface area contributed by atoms with E-state index in [-0.39, 0.29) is 15.8 Å². The molecule has 4 aromatic carbocycles. The molecule has 1 heterocycles. The average molecular weight is 592 g/mol. The number of hydrogen-bond acceptors (Lipinski definition) is 5. The molecule has 0 bridgehead atoms. The van der Waals surface area contributed by atoms with Gasteiger partial charge in [-0.25, -0.2) is 0 Å². The van der Waals surface area contributed by atoms with Crippen LogP contribution >= 0.6 is 22.9 Å². The van der Waals surface area contributed by atoms with Crippen LogP contribution in [0.3, 0.4) is 0 Å². The zero-order chi connectivity index (χ0) is 29.6. The molecule has 0 saturated carbocycles. The van der Waals surface area contributed by atoms with Crippen molar-refractivity contribution in [1.82, 2.24) is 4.57 Å². The quantitative estimate of drug-likeness (QED) is 0.256. The van der Waals surface area contributed by atoms with Crippen LogP contribution in [-0.2, 0) is 11.4 Å². The smallest absolute Gasteiger partial charge is 0.273 e. The van der Waals surface area contributed by atoms with Gasteiger partial charge in [0.05, 0.1) is 20.9 Å². The lowest BCUT2D eigenvalue weighted by molar-refractivity contribution is -0.111. The van der Waals surface area contributed by atoms with Crippen molar-refractivity contribution in [2.24, 2.45) is 0 Å². The molecule has 5 aromatic rings. The fourth-order valence-corrected chi connectivity index (χ4v) is 5.64. The summed E-state index contributed by atoms with van der Waals surface area (Å²) in [7, 11) is 0. The number of nitriles is 1. The number of carbonyl (C=O) groups is 1. The largest absolute Gasteiger partial charge is 0.489 e. The topological polar surface area (TPSA) is 84.1 Å². The van der Waals surface area contributed by atoms with Crippen molar-refractivity contribution in [2.75, 3.05) is 5.32 Å². The second-order valence-corrected chi connectivity index (χ2v) is 11.1. The van der Waals surface area contributed by atoms with Crippen molar-refractivity contribution < 1.29 is 9.53 Å². The minimum absolute atomic E-state index is 0.197. The molecule has 0 radical (unpaired) electrons. The summed E-state index contributed by atoms with van der Waals surface area (Å²) in [6.07, 6.45) is 1.74. The second kappa shape index (κ2) is 12.7. The average Bonchev–Trinajstić information content (AvgIpc) is 3.30. The first-order valence-electron chi connectivity index (χ1n) is 13.1. The molecule has 0 spiro atoms. The monoisotopic (exact) mass is 591 g/mol. The van der Waals surface area contributed by atoms with E-state index in [0.29, 0.717) is 33.3 Å². The molecule has 0 atom stereocenters. The van der Waals surface area contributed by atoms with E-state index in [1.165, 1.54) is 4.57 Å². The molecule has 0 unspecified atom stereocenters. The summed E-state index contributed by atoms with van der Waals surface area (Å²) in [6.45, 7) is 4.22. The normalized spacial score (nSPS) is 12.0. The van der Waals surface area contributed by atoms with Crippen LogP contribution in [0.1, 0.15) is 22.3 Å². The fourth-order valence-electron chi connectivity index (χ4n) is 4.36. The predicted molar refractivity (Wildman–Crippen MR) is 169 cm³/mol. The minimum atomic E-state index is -0.659. The third-order valence-corrected chi connectivity index (χ3v) is 7.93. The first-order valence-corrected chi connectivity index (χ1v) is 14.3. The van der Waals surface area contributed by atoms with E-state index in [9.17, 15) is 14.9 Å². The molecule has 6 nitrogen and oxygen atoms in total. The van der Waals surface area contributed by atoms with Gasteiger partial charge in [-0.1, -0.05) is 78.3 Å². The number of amides is 1. The van der Waals surface area contributed by atoms with Crippen molar-refractivity contribution in [3.63, 3.8) is 0 Å². The molecule has 1 amide bonds. The Kier molecular flexibility index (Phi) is 8.68. The number of rotatable bonds is 7. The van der Waals surface area contributed by atoms with E-state index < -0.39 is 5.91 Å². The van der Waals surface area contributed by atoms with Crippen molar-refractivity contribution in [1.29, 1.82) is 5.26 Å². The first kappa shape index (κ1) is 28.6. The molecule has 42 heavy (non-hydrogen) atoms. The third-order valence-electron chi connectivity index (χ3n) is 6.51. The van der Waals surface area contributed by atoms with Gasteiger partial charge in [-0.15, -0.1) is 11.3 Å². The number of hydrogen-bond donors (Lipinski definition) is 1. The highest BCUT2D eigenvalue weighted by molar-refractivity contribution is 7.07. The number of ether oxygens (including phenoxy) is 1. The van der Waals surface area contributed by atoms with Gasteiger partial charge in [-0.2, -0.15) is 5.26 Å². The summed E-state index contributed by atoms with van der Waals surface area (Å²) in [4.78, 5) is 27.3. The zero-order valence-electron chi connectivity index (χ0n) is 22.9. The van der Waals surface area contributed by atoms with Crippen LogP contribution in [-0.4, -0.2) is 10.5 Å². The molecule has 208 valence electrons. The molecular formula is C34H26ClN3O3S. The third kappa shape index (κ3) is 6.36. The van der Waals surface area contributed by atoms with Gasteiger partial charge in [0.15, 0.2) is 5.57 Å². The van der Waals surface area contributed by atoms with Crippen LogP contribution in [0.5, 0.6) is 5.75 Å². The Bertz CT molecular complexity index is 2010. The van der Waals surface area contributed by atoms with Crippen LogP contribution < -0.4 is 24.8 Å². The lowest BCUT2D eigenvalue weighted by Gasteiger charge is -2.09. The Balaban J connectivity index is 1.64. The van der Waals surface area contributed by atoms with Gasteiger partial charge < -0.3 is 10.1 Å². The second-order valence-electron chi connectivity index (χ2n) is 9.61. The SMILES string of the molecule is Cc1ccc(C)c(-n2c(=O)/c(=C/c3cccc(OCc4ccccc4)c3)s/c2=C(/C#N)C(=O)Nc2ccccc2Cl)c1. The highest BCUT2D eigenvalue weighted by Gasteiger charge is 2.19.